The van der Waals surface area contributed by atoms with E-state index in [0.717, 1.165) is 12.8 Å². The lowest BCUT2D eigenvalue weighted by Gasteiger charge is -2.21. The third-order valence-corrected chi connectivity index (χ3v) is 3.66. The molecule has 0 heterocycles. The smallest absolute Gasteiger partial charge is 0.250 e. The lowest BCUT2D eigenvalue weighted by molar-refractivity contribution is -0.122. The Balaban J connectivity index is 1.93. The van der Waals surface area contributed by atoms with Crippen molar-refractivity contribution in [3.8, 4) is 0 Å². The van der Waals surface area contributed by atoms with Crippen LogP contribution in [0.15, 0.2) is 0 Å². The summed E-state index contributed by atoms with van der Waals surface area (Å²) in [5.41, 5.74) is 0. The van der Waals surface area contributed by atoms with Gasteiger partial charge >= 0.3 is 0 Å². The molecule has 0 N–H and O–H groups in total. The van der Waals surface area contributed by atoms with E-state index in [2.05, 4.69) is 0 Å². The van der Waals surface area contributed by atoms with Gasteiger partial charge in [-0.25, -0.2) is 8.78 Å². The van der Waals surface area contributed by atoms with E-state index >= 15 is 0 Å². The molecule has 0 aliphatic heterocycles. The lowest BCUT2D eigenvalue weighted by Crippen LogP contribution is -2.25. The first-order chi connectivity index (χ1) is 6.59. The monoisotopic (exact) mass is 202 g/mol. The average molecular weight is 202 g/mol. The van der Waals surface area contributed by atoms with Gasteiger partial charge in [-0.15, -0.1) is 0 Å². The van der Waals surface area contributed by atoms with E-state index in [1.54, 1.807) is 0 Å². The number of hydrogen-bond donors (Lipinski definition) is 0. The first-order valence-corrected chi connectivity index (χ1v) is 5.50. The van der Waals surface area contributed by atoms with E-state index in [-0.39, 0.29) is 18.1 Å². The van der Waals surface area contributed by atoms with Gasteiger partial charge in [-0.05, 0) is 32.1 Å². The van der Waals surface area contributed by atoms with Gasteiger partial charge in [0.25, 0.3) is 5.92 Å². The van der Waals surface area contributed by atoms with E-state index in [1.807, 2.05) is 0 Å². The van der Waals surface area contributed by atoms with Crippen molar-refractivity contribution >= 4 is 5.78 Å². The van der Waals surface area contributed by atoms with Gasteiger partial charge in [0.2, 0.25) is 0 Å². The molecule has 2 aliphatic carbocycles. The third kappa shape index (κ3) is 1.82. The number of carbonyl (C=O) groups is 1. The molecular formula is C11H16F2O. The SMILES string of the molecule is O=C1CCCC1CC1CCCC1(F)F. The van der Waals surface area contributed by atoms with Gasteiger partial charge in [-0.2, -0.15) is 0 Å². The maximum absolute atomic E-state index is 13.3. The first-order valence-electron chi connectivity index (χ1n) is 5.50. The van der Waals surface area contributed by atoms with E-state index in [1.165, 1.54) is 0 Å². The highest BCUT2D eigenvalue weighted by molar-refractivity contribution is 5.82. The molecule has 80 valence electrons. The van der Waals surface area contributed by atoms with Crippen molar-refractivity contribution in [2.75, 3.05) is 0 Å². The number of carbonyl (C=O) groups excluding carboxylic acids is 1. The molecule has 0 aromatic heterocycles. The number of ketones is 1. The van der Waals surface area contributed by atoms with Crippen LogP contribution in [0.2, 0.25) is 0 Å². The summed E-state index contributed by atoms with van der Waals surface area (Å²) >= 11 is 0. The van der Waals surface area contributed by atoms with Crippen LogP contribution in [-0.4, -0.2) is 11.7 Å². The summed E-state index contributed by atoms with van der Waals surface area (Å²) < 4.78 is 26.6. The second-order valence-electron chi connectivity index (χ2n) is 4.64. The largest absolute Gasteiger partial charge is 0.299 e. The highest BCUT2D eigenvalue weighted by atomic mass is 19.3. The predicted octanol–water partition coefficient (Wildman–Crippen LogP) is 3.18. The first kappa shape index (κ1) is 10.1. The van der Waals surface area contributed by atoms with Crippen molar-refractivity contribution in [2.45, 2.75) is 50.9 Å². The zero-order valence-electron chi connectivity index (χ0n) is 8.27. The lowest BCUT2D eigenvalue weighted by atomic mass is 9.90. The maximum Gasteiger partial charge on any atom is 0.250 e. The van der Waals surface area contributed by atoms with Gasteiger partial charge in [0.1, 0.15) is 5.78 Å². The van der Waals surface area contributed by atoms with Crippen LogP contribution in [0.25, 0.3) is 0 Å². The minimum absolute atomic E-state index is 0.0264. The molecule has 0 saturated heterocycles. The molecular weight excluding hydrogens is 186 g/mol. The second-order valence-corrected chi connectivity index (χ2v) is 4.64. The molecule has 0 amide bonds. The number of hydrogen-bond acceptors (Lipinski definition) is 1. The Bertz CT molecular complexity index is 237. The summed E-state index contributed by atoms with van der Waals surface area (Å²) in [4.78, 5) is 11.3. The summed E-state index contributed by atoms with van der Waals surface area (Å²) in [6.45, 7) is 0. The minimum atomic E-state index is -2.50. The Morgan fingerprint density at radius 3 is 2.57 bits per heavy atom. The Morgan fingerprint density at radius 2 is 2.07 bits per heavy atom. The third-order valence-electron chi connectivity index (χ3n) is 3.66. The normalized spacial score (nSPS) is 36.6. The van der Waals surface area contributed by atoms with Crippen molar-refractivity contribution in [1.29, 1.82) is 0 Å². The van der Waals surface area contributed by atoms with Gasteiger partial charge < -0.3 is 0 Å². The van der Waals surface area contributed by atoms with Gasteiger partial charge in [0.15, 0.2) is 0 Å². The zero-order valence-corrected chi connectivity index (χ0v) is 8.27. The standard InChI is InChI=1S/C11H16F2O/c12-11(13)6-2-4-9(11)7-8-3-1-5-10(8)14/h8-9H,1-7H2. The van der Waals surface area contributed by atoms with Crippen molar-refractivity contribution in [2.24, 2.45) is 11.8 Å². The van der Waals surface area contributed by atoms with Crippen molar-refractivity contribution in [3.63, 3.8) is 0 Å². The molecule has 2 atom stereocenters. The molecule has 0 spiro atoms. The van der Waals surface area contributed by atoms with Gasteiger partial charge in [-0.3, -0.25) is 4.79 Å². The Kier molecular flexibility index (Phi) is 2.58. The Morgan fingerprint density at radius 1 is 1.29 bits per heavy atom. The van der Waals surface area contributed by atoms with E-state index < -0.39 is 11.8 Å². The Hall–Kier alpha value is -0.470. The molecule has 0 aromatic rings. The molecule has 3 heteroatoms. The molecule has 2 aliphatic rings. The van der Waals surface area contributed by atoms with Crippen LogP contribution in [-0.2, 0) is 4.79 Å². The van der Waals surface area contributed by atoms with Crippen LogP contribution in [0.3, 0.4) is 0 Å². The summed E-state index contributed by atoms with van der Waals surface area (Å²) in [6, 6.07) is 0. The molecule has 2 fully saturated rings. The van der Waals surface area contributed by atoms with Crippen LogP contribution in [0.5, 0.6) is 0 Å². The van der Waals surface area contributed by atoms with Crippen molar-refractivity contribution in [3.05, 3.63) is 0 Å². The van der Waals surface area contributed by atoms with Crippen molar-refractivity contribution < 1.29 is 13.6 Å². The van der Waals surface area contributed by atoms with Crippen LogP contribution >= 0.6 is 0 Å². The fourth-order valence-corrected chi connectivity index (χ4v) is 2.77. The number of rotatable bonds is 2. The summed E-state index contributed by atoms with van der Waals surface area (Å²) in [5.74, 6) is -2.85. The van der Waals surface area contributed by atoms with E-state index in [4.69, 9.17) is 0 Å². The van der Waals surface area contributed by atoms with Crippen molar-refractivity contribution in [1.82, 2.24) is 0 Å². The van der Waals surface area contributed by atoms with Crippen LogP contribution in [0.4, 0.5) is 8.78 Å². The Labute approximate surface area is 82.9 Å². The molecule has 14 heavy (non-hydrogen) atoms. The van der Waals surface area contributed by atoms with Crippen LogP contribution < -0.4 is 0 Å². The molecule has 0 aromatic carbocycles. The van der Waals surface area contributed by atoms with E-state index in [9.17, 15) is 13.6 Å². The van der Waals surface area contributed by atoms with Crippen LogP contribution in [0.1, 0.15) is 44.9 Å². The molecule has 2 saturated carbocycles. The summed E-state index contributed by atoms with van der Waals surface area (Å²) in [7, 11) is 0. The summed E-state index contributed by atoms with van der Waals surface area (Å²) in [6.07, 6.45) is 4.05. The molecule has 0 bridgehead atoms. The molecule has 0 radical (unpaired) electrons. The highest BCUT2D eigenvalue weighted by Crippen LogP contribution is 2.45. The van der Waals surface area contributed by atoms with Crippen LogP contribution in [0, 0.1) is 11.8 Å². The fourth-order valence-electron chi connectivity index (χ4n) is 2.77. The second kappa shape index (κ2) is 3.59. The summed E-state index contributed by atoms with van der Waals surface area (Å²) in [5, 5.41) is 0. The molecule has 2 unspecified atom stereocenters. The minimum Gasteiger partial charge on any atom is -0.299 e. The maximum atomic E-state index is 13.3. The topological polar surface area (TPSA) is 17.1 Å². The van der Waals surface area contributed by atoms with Gasteiger partial charge in [0.05, 0.1) is 0 Å². The number of Topliss-reactive ketones (excluding diaryl/α,β-unsaturated/α-hetero) is 1. The average Bonchev–Trinajstić information content (AvgIpc) is 2.62. The predicted molar refractivity (Wildman–Crippen MR) is 49.3 cm³/mol. The number of halogens is 2. The quantitative estimate of drug-likeness (QED) is 0.672. The van der Waals surface area contributed by atoms with E-state index in [0.29, 0.717) is 25.7 Å². The highest BCUT2D eigenvalue weighted by Gasteiger charge is 2.45. The van der Waals surface area contributed by atoms with Gasteiger partial charge in [-0.1, -0.05) is 0 Å². The molecule has 1 nitrogen and oxygen atoms in total. The molecule has 2 rings (SSSR count). The van der Waals surface area contributed by atoms with Gasteiger partial charge in [0, 0.05) is 24.7 Å². The number of alkyl halides is 2. The zero-order chi connectivity index (χ0) is 10.2. The fraction of sp³-hybridized carbons (Fsp3) is 0.909.